The lowest BCUT2D eigenvalue weighted by Gasteiger charge is -2.05. The molecular weight excluding hydrogens is 314 g/mol. The lowest BCUT2D eigenvalue weighted by Crippen LogP contribution is -2.29. The molecule has 0 saturated heterocycles. The second-order valence-corrected chi connectivity index (χ2v) is 5.63. The van der Waals surface area contributed by atoms with Crippen molar-refractivity contribution in [1.82, 2.24) is 10.6 Å². The number of amides is 4. The predicted molar refractivity (Wildman–Crippen MR) is 89.4 cm³/mol. The second-order valence-electron chi connectivity index (χ2n) is 4.72. The highest BCUT2D eigenvalue weighted by atomic mass is 32.1. The molecule has 0 aliphatic carbocycles. The maximum Gasteiger partial charge on any atom is 0.320 e. The standard InChI is InChI=1S/C16H17N3O3S/c1-2-13(20)18-15(21)12-8-14(23-10-12)19-16(22)17-9-11-6-4-3-5-7-11/h3-8,10H,2,9H2,1H3,(H2,17,19,22)(H,18,20,21). The van der Waals surface area contributed by atoms with Crippen molar-refractivity contribution in [3.8, 4) is 0 Å². The molecule has 0 fully saturated rings. The minimum Gasteiger partial charge on any atom is -0.334 e. The van der Waals surface area contributed by atoms with Crippen LogP contribution in [0.25, 0.3) is 0 Å². The van der Waals surface area contributed by atoms with E-state index in [1.165, 1.54) is 17.4 Å². The van der Waals surface area contributed by atoms with Gasteiger partial charge in [-0.25, -0.2) is 4.79 Å². The van der Waals surface area contributed by atoms with Gasteiger partial charge in [0.1, 0.15) is 0 Å². The zero-order valence-corrected chi connectivity index (χ0v) is 13.4. The number of carbonyl (C=O) groups is 3. The summed E-state index contributed by atoms with van der Waals surface area (Å²) in [5.74, 6) is -0.804. The number of hydrogen-bond donors (Lipinski definition) is 3. The highest BCUT2D eigenvalue weighted by Gasteiger charge is 2.12. The fourth-order valence-corrected chi connectivity index (χ4v) is 2.52. The number of urea groups is 1. The predicted octanol–water partition coefficient (Wildman–Crippen LogP) is 2.74. The minimum absolute atomic E-state index is 0.239. The van der Waals surface area contributed by atoms with Crippen molar-refractivity contribution in [3.05, 3.63) is 52.9 Å². The topological polar surface area (TPSA) is 87.3 Å². The smallest absolute Gasteiger partial charge is 0.320 e. The maximum absolute atomic E-state index is 11.8. The third-order valence-electron chi connectivity index (χ3n) is 2.97. The van der Waals surface area contributed by atoms with Crippen LogP contribution in [0.2, 0.25) is 0 Å². The number of hydrogen-bond acceptors (Lipinski definition) is 4. The van der Waals surface area contributed by atoms with Crippen LogP contribution >= 0.6 is 11.3 Å². The Balaban J connectivity index is 1.85. The fraction of sp³-hybridized carbons (Fsp3) is 0.188. The molecule has 0 unspecified atom stereocenters. The van der Waals surface area contributed by atoms with Gasteiger partial charge in [0, 0.05) is 18.3 Å². The summed E-state index contributed by atoms with van der Waals surface area (Å²) in [6.07, 6.45) is 0.239. The van der Waals surface area contributed by atoms with Gasteiger partial charge in [0.2, 0.25) is 5.91 Å². The molecule has 0 bridgehead atoms. The molecule has 1 heterocycles. The second kappa shape index (κ2) is 8.09. The first kappa shape index (κ1) is 16.7. The molecule has 6 nitrogen and oxygen atoms in total. The molecule has 0 radical (unpaired) electrons. The van der Waals surface area contributed by atoms with E-state index in [1.807, 2.05) is 30.3 Å². The molecule has 7 heteroatoms. The van der Waals surface area contributed by atoms with Gasteiger partial charge in [-0.3, -0.25) is 20.2 Å². The van der Waals surface area contributed by atoms with E-state index in [4.69, 9.17) is 0 Å². The lowest BCUT2D eigenvalue weighted by atomic mass is 10.2. The average molecular weight is 331 g/mol. The molecule has 2 rings (SSSR count). The van der Waals surface area contributed by atoms with E-state index in [0.29, 0.717) is 17.1 Å². The summed E-state index contributed by atoms with van der Waals surface area (Å²) in [7, 11) is 0. The van der Waals surface area contributed by atoms with Crippen LogP contribution < -0.4 is 16.0 Å². The monoisotopic (exact) mass is 331 g/mol. The highest BCUT2D eigenvalue weighted by Crippen LogP contribution is 2.20. The summed E-state index contributed by atoms with van der Waals surface area (Å²) >= 11 is 1.22. The van der Waals surface area contributed by atoms with Crippen LogP contribution in [0.15, 0.2) is 41.8 Å². The van der Waals surface area contributed by atoms with E-state index in [-0.39, 0.29) is 18.4 Å². The molecule has 0 saturated carbocycles. The molecular formula is C16H17N3O3S. The van der Waals surface area contributed by atoms with Gasteiger partial charge in [-0.1, -0.05) is 37.3 Å². The van der Waals surface area contributed by atoms with E-state index in [9.17, 15) is 14.4 Å². The Bertz CT molecular complexity index is 698. The Kier molecular flexibility index (Phi) is 5.87. The number of carbonyl (C=O) groups excluding carboxylic acids is 3. The summed E-state index contributed by atoms with van der Waals surface area (Å²) in [5, 5.41) is 9.77. The van der Waals surface area contributed by atoms with E-state index in [2.05, 4.69) is 16.0 Å². The van der Waals surface area contributed by atoms with E-state index >= 15 is 0 Å². The summed E-state index contributed by atoms with van der Waals surface area (Å²) in [6, 6.07) is 10.7. The van der Waals surface area contributed by atoms with E-state index in [1.54, 1.807) is 12.3 Å². The van der Waals surface area contributed by atoms with Crippen molar-refractivity contribution >= 4 is 34.2 Å². The number of nitrogens with one attached hydrogen (secondary N) is 3. The largest absolute Gasteiger partial charge is 0.334 e. The van der Waals surface area contributed by atoms with Gasteiger partial charge in [-0.2, -0.15) is 0 Å². The Morgan fingerprint density at radius 1 is 1.13 bits per heavy atom. The van der Waals surface area contributed by atoms with Gasteiger partial charge in [-0.15, -0.1) is 11.3 Å². The van der Waals surface area contributed by atoms with Gasteiger partial charge in [-0.05, 0) is 11.6 Å². The van der Waals surface area contributed by atoms with Crippen molar-refractivity contribution in [1.29, 1.82) is 0 Å². The van der Waals surface area contributed by atoms with Gasteiger partial charge in [0.25, 0.3) is 5.91 Å². The molecule has 0 aliphatic heterocycles. The summed E-state index contributed by atoms with van der Waals surface area (Å²) in [4.78, 5) is 34.8. The number of imide groups is 1. The fourth-order valence-electron chi connectivity index (χ4n) is 1.74. The molecule has 3 N–H and O–H groups in total. The summed E-state index contributed by atoms with van der Waals surface area (Å²) < 4.78 is 0. The highest BCUT2D eigenvalue weighted by molar-refractivity contribution is 7.14. The van der Waals surface area contributed by atoms with Crippen LogP contribution in [0.4, 0.5) is 9.80 Å². The van der Waals surface area contributed by atoms with Crippen LogP contribution in [0, 0.1) is 0 Å². The van der Waals surface area contributed by atoms with Gasteiger partial charge >= 0.3 is 6.03 Å². The Morgan fingerprint density at radius 2 is 1.87 bits per heavy atom. The van der Waals surface area contributed by atoms with Gasteiger partial charge in [0.05, 0.1) is 10.6 Å². The number of anilines is 1. The third-order valence-corrected chi connectivity index (χ3v) is 3.81. The molecule has 1 aromatic carbocycles. The zero-order valence-electron chi connectivity index (χ0n) is 12.6. The average Bonchev–Trinajstić information content (AvgIpc) is 3.02. The first-order chi connectivity index (χ1) is 11.1. The lowest BCUT2D eigenvalue weighted by molar-refractivity contribution is -0.119. The molecule has 120 valence electrons. The Labute approximate surface area is 137 Å². The molecule has 0 spiro atoms. The van der Waals surface area contributed by atoms with Crippen LogP contribution in [0.1, 0.15) is 29.3 Å². The van der Waals surface area contributed by atoms with Crippen molar-refractivity contribution in [3.63, 3.8) is 0 Å². The minimum atomic E-state index is -0.467. The molecule has 4 amide bonds. The summed E-state index contributed by atoms with van der Waals surface area (Å²) in [6.45, 7) is 2.08. The first-order valence-electron chi connectivity index (χ1n) is 7.10. The van der Waals surface area contributed by atoms with Crippen molar-refractivity contribution < 1.29 is 14.4 Å². The SMILES string of the molecule is CCC(=O)NC(=O)c1csc(NC(=O)NCc2ccccc2)c1. The van der Waals surface area contributed by atoms with Crippen LogP contribution in [0.5, 0.6) is 0 Å². The van der Waals surface area contributed by atoms with E-state index < -0.39 is 5.91 Å². The Morgan fingerprint density at radius 3 is 2.57 bits per heavy atom. The van der Waals surface area contributed by atoms with Crippen LogP contribution in [-0.4, -0.2) is 17.8 Å². The third kappa shape index (κ3) is 5.23. The van der Waals surface area contributed by atoms with E-state index in [0.717, 1.165) is 5.56 Å². The zero-order chi connectivity index (χ0) is 16.7. The molecule has 0 aliphatic rings. The van der Waals surface area contributed by atoms with Crippen molar-refractivity contribution in [2.24, 2.45) is 0 Å². The van der Waals surface area contributed by atoms with Gasteiger partial charge < -0.3 is 5.32 Å². The van der Waals surface area contributed by atoms with Crippen LogP contribution in [-0.2, 0) is 11.3 Å². The number of thiophene rings is 1. The first-order valence-corrected chi connectivity index (χ1v) is 7.98. The number of benzene rings is 1. The molecule has 23 heavy (non-hydrogen) atoms. The molecule has 0 atom stereocenters. The number of rotatable bonds is 5. The normalized spacial score (nSPS) is 9.96. The van der Waals surface area contributed by atoms with Crippen molar-refractivity contribution in [2.45, 2.75) is 19.9 Å². The molecule has 2 aromatic rings. The molecule has 1 aromatic heterocycles. The van der Waals surface area contributed by atoms with Crippen molar-refractivity contribution in [2.75, 3.05) is 5.32 Å². The van der Waals surface area contributed by atoms with Gasteiger partial charge in [0.15, 0.2) is 0 Å². The van der Waals surface area contributed by atoms with Crippen LogP contribution in [0.3, 0.4) is 0 Å². The Hall–Kier alpha value is -2.67. The summed E-state index contributed by atoms with van der Waals surface area (Å²) in [5.41, 5.74) is 1.34. The maximum atomic E-state index is 11.8. The quantitative estimate of drug-likeness (QED) is 0.787.